The van der Waals surface area contributed by atoms with E-state index in [1.807, 2.05) is 0 Å². The lowest BCUT2D eigenvalue weighted by atomic mass is 9.84. The molecule has 0 N–H and O–H groups in total. The van der Waals surface area contributed by atoms with Gasteiger partial charge in [0.25, 0.3) is 5.89 Å². The van der Waals surface area contributed by atoms with Crippen LogP contribution in [0.25, 0.3) is 11.7 Å². The van der Waals surface area contributed by atoms with Crippen molar-refractivity contribution in [2.24, 2.45) is 0 Å². The van der Waals surface area contributed by atoms with Gasteiger partial charge in [-0.15, -0.1) is 5.10 Å². The monoisotopic (exact) mass is 277 g/mol. The van der Waals surface area contributed by atoms with Crippen LogP contribution in [0.2, 0.25) is 0 Å². The van der Waals surface area contributed by atoms with Gasteiger partial charge in [-0.25, -0.2) is 9.67 Å². The van der Waals surface area contributed by atoms with Crippen molar-refractivity contribution >= 4 is 0 Å². The number of aromatic nitrogens is 5. The molecule has 0 fully saturated rings. The van der Waals surface area contributed by atoms with Crippen molar-refractivity contribution in [3.05, 3.63) is 12.2 Å². The van der Waals surface area contributed by atoms with Gasteiger partial charge in [0.1, 0.15) is 6.33 Å². The van der Waals surface area contributed by atoms with Crippen molar-refractivity contribution in [1.82, 2.24) is 24.9 Å². The Morgan fingerprint density at radius 1 is 1.15 bits per heavy atom. The minimum Gasteiger partial charge on any atom is -0.330 e. The maximum Gasteiger partial charge on any atom is 0.297 e. The van der Waals surface area contributed by atoms with Crippen LogP contribution in [0.5, 0.6) is 0 Å². The van der Waals surface area contributed by atoms with Crippen LogP contribution in [-0.2, 0) is 11.0 Å². The van der Waals surface area contributed by atoms with Crippen LogP contribution in [0.4, 0.5) is 0 Å². The molecule has 0 radical (unpaired) electrons. The van der Waals surface area contributed by atoms with Crippen LogP contribution in [0.3, 0.4) is 0 Å². The van der Waals surface area contributed by atoms with E-state index in [-0.39, 0.29) is 11.0 Å². The Morgan fingerprint density at radius 2 is 1.80 bits per heavy atom. The molecule has 0 aliphatic heterocycles. The Kier molecular flexibility index (Phi) is 3.67. The first-order valence-electron chi connectivity index (χ1n) is 7.07. The lowest BCUT2D eigenvalue weighted by Crippen LogP contribution is -2.22. The minimum absolute atomic E-state index is 0.0612. The lowest BCUT2D eigenvalue weighted by molar-refractivity contribution is 0.352. The second-order valence-corrected chi connectivity index (χ2v) is 6.37. The molecule has 110 valence electrons. The molecule has 0 saturated heterocycles. The molecule has 20 heavy (non-hydrogen) atoms. The lowest BCUT2D eigenvalue weighted by Gasteiger charge is -2.21. The zero-order valence-corrected chi connectivity index (χ0v) is 13.1. The summed E-state index contributed by atoms with van der Waals surface area (Å²) in [5.74, 6) is 1.59. The molecule has 6 nitrogen and oxygen atoms in total. The summed E-state index contributed by atoms with van der Waals surface area (Å²) in [6.07, 6.45) is 3.62. The summed E-state index contributed by atoms with van der Waals surface area (Å²) in [7, 11) is 0. The summed E-state index contributed by atoms with van der Waals surface area (Å²) in [6.45, 7) is 12.6. The zero-order chi connectivity index (χ0) is 15.0. The Balaban J connectivity index is 2.32. The highest BCUT2D eigenvalue weighted by atomic mass is 16.5. The quantitative estimate of drug-likeness (QED) is 0.858. The molecule has 2 aromatic rings. The first-order valence-corrected chi connectivity index (χ1v) is 7.07. The summed E-state index contributed by atoms with van der Waals surface area (Å²) in [4.78, 5) is 8.73. The molecule has 0 bridgehead atoms. The molecule has 0 aliphatic carbocycles. The number of hydrogen-bond acceptors (Lipinski definition) is 5. The zero-order valence-electron chi connectivity index (χ0n) is 13.1. The van der Waals surface area contributed by atoms with E-state index < -0.39 is 0 Å². The molecule has 0 unspecified atom stereocenters. The average molecular weight is 277 g/mol. The van der Waals surface area contributed by atoms with E-state index in [2.05, 4.69) is 61.8 Å². The van der Waals surface area contributed by atoms with Crippen LogP contribution in [0.1, 0.15) is 60.2 Å². The van der Waals surface area contributed by atoms with Crippen molar-refractivity contribution in [2.75, 3.05) is 0 Å². The molecule has 0 atom stereocenters. The molecule has 0 aliphatic rings. The maximum atomic E-state index is 5.33. The Morgan fingerprint density at radius 3 is 2.30 bits per heavy atom. The molecular formula is C14H23N5O. The SMILES string of the molecule is CCC(C)(CC)c1noc(-c2ncn(C(C)(C)C)n2)n1. The van der Waals surface area contributed by atoms with Gasteiger partial charge in [0.2, 0.25) is 5.82 Å². The minimum atomic E-state index is -0.116. The van der Waals surface area contributed by atoms with Gasteiger partial charge in [-0.3, -0.25) is 0 Å². The molecule has 2 aromatic heterocycles. The third-order valence-electron chi connectivity index (χ3n) is 3.90. The first-order chi connectivity index (χ1) is 9.30. The number of hydrogen-bond donors (Lipinski definition) is 0. The van der Waals surface area contributed by atoms with E-state index in [0.717, 1.165) is 18.7 Å². The normalized spacial score (nSPS) is 12.9. The van der Waals surface area contributed by atoms with Crippen molar-refractivity contribution in [1.29, 1.82) is 0 Å². The van der Waals surface area contributed by atoms with E-state index in [1.54, 1.807) is 11.0 Å². The number of nitrogens with zero attached hydrogens (tertiary/aromatic N) is 5. The third-order valence-corrected chi connectivity index (χ3v) is 3.90. The van der Waals surface area contributed by atoms with Gasteiger partial charge in [0, 0.05) is 5.41 Å². The van der Waals surface area contributed by atoms with E-state index in [9.17, 15) is 0 Å². The summed E-state index contributed by atoms with van der Waals surface area (Å²) < 4.78 is 7.12. The predicted molar refractivity (Wildman–Crippen MR) is 76.2 cm³/mol. The van der Waals surface area contributed by atoms with Crippen molar-refractivity contribution in [3.8, 4) is 11.7 Å². The topological polar surface area (TPSA) is 69.6 Å². The molecule has 0 spiro atoms. The van der Waals surface area contributed by atoms with E-state index in [1.165, 1.54) is 0 Å². The maximum absolute atomic E-state index is 5.33. The highest BCUT2D eigenvalue weighted by molar-refractivity contribution is 5.38. The van der Waals surface area contributed by atoms with E-state index in [0.29, 0.717) is 11.7 Å². The fraction of sp³-hybridized carbons (Fsp3) is 0.714. The van der Waals surface area contributed by atoms with Gasteiger partial charge in [0.15, 0.2) is 5.82 Å². The molecular weight excluding hydrogens is 254 g/mol. The van der Waals surface area contributed by atoms with Gasteiger partial charge in [-0.1, -0.05) is 25.9 Å². The molecule has 0 amide bonds. The largest absolute Gasteiger partial charge is 0.330 e. The summed E-state index contributed by atoms with van der Waals surface area (Å²) in [5, 5.41) is 8.51. The first kappa shape index (κ1) is 14.7. The van der Waals surface area contributed by atoms with Gasteiger partial charge in [0.05, 0.1) is 5.54 Å². The average Bonchev–Trinajstić information content (AvgIpc) is 3.05. The summed E-state index contributed by atoms with van der Waals surface area (Å²) in [5.41, 5.74) is -0.177. The summed E-state index contributed by atoms with van der Waals surface area (Å²) in [6, 6.07) is 0. The van der Waals surface area contributed by atoms with Crippen molar-refractivity contribution in [3.63, 3.8) is 0 Å². The van der Waals surface area contributed by atoms with Crippen LogP contribution in [0.15, 0.2) is 10.9 Å². The summed E-state index contributed by atoms with van der Waals surface area (Å²) >= 11 is 0. The van der Waals surface area contributed by atoms with Gasteiger partial charge in [-0.2, -0.15) is 4.98 Å². The molecule has 6 heteroatoms. The van der Waals surface area contributed by atoms with Crippen LogP contribution >= 0.6 is 0 Å². The van der Waals surface area contributed by atoms with E-state index >= 15 is 0 Å². The third kappa shape index (κ3) is 2.59. The fourth-order valence-corrected chi connectivity index (χ4v) is 1.81. The Hall–Kier alpha value is -1.72. The standard InChI is InChI=1S/C14H23N5O/c1-7-14(6,8-2)12-16-11(20-18-12)10-15-9-19(17-10)13(3,4)5/h9H,7-8H2,1-6H3. The van der Waals surface area contributed by atoms with Crippen molar-refractivity contribution in [2.45, 2.75) is 65.3 Å². The van der Waals surface area contributed by atoms with Gasteiger partial charge < -0.3 is 4.52 Å². The van der Waals surface area contributed by atoms with Gasteiger partial charge in [-0.05, 0) is 33.6 Å². The van der Waals surface area contributed by atoms with Gasteiger partial charge >= 0.3 is 0 Å². The second-order valence-electron chi connectivity index (χ2n) is 6.37. The Labute approximate surface area is 119 Å². The highest BCUT2D eigenvalue weighted by Gasteiger charge is 2.29. The smallest absolute Gasteiger partial charge is 0.297 e. The predicted octanol–water partition coefficient (Wildman–Crippen LogP) is 3.16. The molecule has 2 heterocycles. The highest BCUT2D eigenvalue weighted by Crippen LogP contribution is 2.29. The van der Waals surface area contributed by atoms with Crippen LogP contribution in [0, 0.1) is 0 Å². The van der Waals surface area contributed by atoms with Crippen molar-refractivity contribution < 1.29 is 4.52 Å². The van der Waals surface area contributed by atoms with E-state index in [4.69, 9.17) is 4.52 Å². The van der Waals surface area contributed by atoms with Crippen LogP contribution < -0.4 is 0 Å². The fourth-order valence-electron chi connectivity index (χ4n) is 1.81. The molecule has 2 rings (SSSR count). The molecule has 0 aromatic carbocycles. The Bertz CT molecular complexity index is 574. The second kappa shape index (κ2) is 5.00. The number of rotatable bonds is 4. The van der Waals surface area contributed by atoms with Crippen LogP contribution in [-0.4, -0.2) is 24.9 Å². The molecule has 0 saturated carbocycles.